The van der Waals surface area contributed by atoms with Gasteiger partial charge in [0.25, 0.3) is 0 Å². The summed E-state index contributed by atoms with van der Waals surface area (Å²) < 4.78 is 0. The highest BCUT2D eigenvalue weighted by atomic mass is 16.1. The Balaban J connectivity index is 1.75. The van der Waals surface area contributed by atoms with Crippen molar-refractivity contribution in [3.8, 4) is 0 Å². The topological polar surface area (TPSA) is 29.1 Å². The molecule has 0 heterocycles. The maximum atomic E-state index is 11.0. The Kier molecular flexibility index (Phi) is 1.85. The number of nitrogens with one attached hydrogen (secondary N) is 1. The lowest BCUT2D eigenvalue weighted by Gasteiger charge is -2.14. The van der Waals surface area contributed by atoms with E-state index >= 15 is 0 Å². The molecule has 2 nitrogen and oxygen atoms in total. The van der Waals surface area contributed by atoms with Crippen molar-refractivity contribution in [2.24, 2.45) is 11.3 Å². The van der Waals surface area contributed by atoms with E-state index in [1.54, 1.807) is 0 Å². The average Bonchev–Trinajstić information content (AvgIpc) is 2.88. The van der Waals surface area contributed by atoms with Crippen LogP contribution in [0.15, 0.2) is 0 Å². The van der Waals surface area contributed by atoms with Gasteiger partial charge in [0.1, 0.15) is 0 Å². The molecule has 0 radical (unpaired) electrons. The molecule has 2 saturated carbocycles. The molecular weight excluding hydrogens is 150 g/mol. The second kappa shape index (κ2) is 2.75. The maximum absolute atomic E-state index is 11.0. The summed E-state index contributed by atoms with van der Waals surface area (Å²) in [4.78, 5) is 11.0. The van der Waals surface area contributed by atoms with Crippen LogP contribution >= 0.6 is 0 Å². The molecule has 0 saturated heterocycles. The third kappa shape index (κ3) is 1.47. The van der Waals surface area contributed by atoms with Crippen molar-refractivity contribution in [3.63, 3.8) is 0 Å². The molecule has 0 aromatic heterocycles. The zero-order valence-electron chi connectivity index (χ0n) is 7.73. The fourth-order valence-electron chi connectivity index (χ4n) is 1.99. The zero-order valence-corrected chi connectivity index (χ0v) is 7.73. The van der Waals surface area contributed by atoms with Gasteiger partial charge in [0.2, 0.25) is 5.91 Å². The molecule has 2 fully saturated rings. The lowest BCUT2D eigenvalue weighted by molar-refractivity contribution is -0.121. The van der Waals surface area contributed by atoms with Gasteiger partial charge in [-0.05, 0) is 37.0 Å². The van der Waals surface area contributed by atoms with Crippen LogP contribution in [0.25, 0.3) is 0 Å². The van der Waals surface area contributed by atoms with Crippen LogP contribution < -0.4 is 5.32 Å². The summed E-state index contributed by atoms with van der Waals surface area (Å²) in [5.74, 6) is 1.16. The normalized spacial score (nSPS) is 25.1. The highest BCUT2D eigenvalue weighted by Crippen LogP contribution is 2.60. The fraction of sp³-hybridized carbons (Fsp3) is 0.900. The molecule has 2 aliphatic rings. The van der Waals surface area contributed by atoms with Gasteiger partial charge >= 0.3 is 0 Å². The largest absolute Gasteiger partial charge is 0.356 e. The molecule has 2 rings (SSSR count). The van der Waals surface area contributed by atoms with Crippen LogP contribution in [0, 0.1) is 11.3 Å². The standard InChI is InChI=1S/C10H17NO/c1-2-9(12)11-7-10(5-6-10)8-3-4-8/h8H,2-7H2,1H3,(H,11,12). The minimum Gasteiger partial charge on any atom is -0.356 e. The smallest absolute Gasteiger partial charge is 0.219 e. The molecule has 12 heavy (non-hydrogen) atoms. The van der Waals surface area contributed by atoms with Gasteiger partial charge in [-0.15, -0.1) is 0 Å². The van der Waals surface area contributed by atoms with E-state index in [1.165, 1.54) is 25.7 Å². The average molecular weight is 167 g/mol. The van der Waals surface area contributed by atoms with Crippen molar-refractivity contribution in [1.82, 2.24) is 5.32 Å². The van der Waals surface area contributed by atoms with Gasteiger partial charge in [-0.1, -0.05) is 6.92 Å². The molecule has 0 aromatic carbocycles. The number of carbonyl (C=O) groups excluding carboxylic acids is 1. The first-order chi connectivity index (χ1) is 5.77. The second-order valence-electron chi connectivity index (χ2n) is 4.27. The van der Waals surface area contributed by atoms with Crippen LogP contribution in [0.4, 0.5) is 0 Å². The Morgan fingerprint density at radius 2 is 2.17 bits per heavy atom. The predicted octanol–water partition coefficient (Wildman–Crippen LogP) is 1.70. The summed E-state index contributed by atoms with van der Waals surface area (Å²) in [6, 6.07) is 0. The van der Waals surface area contributed by atoms with E-state index in [4.69, 9.17) is 0 Å². The Morgan fingerprint density at radius 3 is 2.58 bits per heavy atom. The van der Waals surface area contributed by atoms with Gasteiger partial charge in [-0.25, -0.2) is 0 Å². The molecule has 2 heteroatoms. The summed E-state index contributed by atoms with van der Waals surface area (Å²) in [6.07, 6.45) is 6.13. The van der Waals surface area contributed by atoms with Crippen LogP contribution in [0.2, 0.25) is 0 Å². The first-order valence-electron chi connectivity index (χ1n) is 5.03. The second-order valence-corrected chi connectivity index (χ2v) is 4.27. The lowest BCUT2D eigenvalue weighted by Crippen LogP contribution is -2.30. The first kappa shape index (κ1) is 8.09. The minimum absolute atomic E-state index is 0.210. The lowest BCUT2D eigenvalue weighted by atomic mass is 10.0. The predicted molar refractivity (Wildman–Crippen MR) is 47.7 cm³/mol. The van der Waals surface area contributed by atoms with Crippen LogP contribution in [0.3, 0.4) is 0 Å². The van der Waals surface area contributed by atoms with Crippen molar-refractivity contribution in [1.29, 1.82) is 0 Å². The highest BCUT2D eigenvalue weighted by molar-refractivity contribution is 5.75. The maximum Gasteiger partial charge on any atom is 0.219 e. The van der Waals surface area contributed by atoms with E-state index in [2.05, 4.69) is 5.32 Å². The third-order valence-electron chi connectivity index (χ3n) is 3.29. The third-order valence-corrected chi connectivity index (χ3v) is 3.29. The van der Waals surface area contributed by atoms with Crippen LogP contribution in [-0.2, 0) is 4.79 Å². The number of hydrogen-bond donors (Lipinski definition) is 1. The number of rotatable bonds is 4. The summed E-state index contributed by atoms with van der Waals surface area (Å²) >= 11 is 0. The molecule has 2 aliphatic carbocycles. The summed E-state index contributed by atoms with van der Waals surface area (Å²) in [6.45, 7) is 2.86. The van der Waals surface area contributed by atoms with Crippen molar-refractivity contribution >= 4 is 5.91 Å². The summed E-state index contributed by atoms with van der Waals surface area (Å²) in [7, 11) is 0. The van der Waals surface area contributed by atoms with Crippen molar-refractivity contribution in [2.45, 2.75) is 39.0 Å². The highest BCUT2D eigenvalue weighted by Gasteiger charge is 2.53. The first-order valence-corrected chi connectivity index (χ1v) is 5.03. The molecular formula is C10H17NO. The van der Waals surface area contributed by atoms with Gasteiger partial charge in [-0.2, -0.15) is 0 Å². The Morgan fingerprint density at radius 1 is 1.50 bits per heavy atom. The van der Waals surface area contributed by atoms with Crippen molar-refractivity contribution < 1.29 is 4.79 Å². The van der Waals surface area contributed by atoms with Crippen molar-refractivity contribution in [3.05, 3.63) is 0 Å². The fourth-order valence-corrected chi connectivity index (χ4v) is 1.99. The molecule has 0 bridgehead atoms. The number of carbonyl (C=O) groups is 1. The van der Waals surface area contributed by atoms with E-state index in [1.807, 2.05) is 6.92 Å². The quantitative estimate of drug-likeness (QED) is 0.678. The molecule has 0 aliphatic heterocycles. The van der Waals surface area contributed by atoms with E-state index in [-0.39, 0.29) is 5.91 Å². The van der Waals surface area contributed by atoms with E-state index in [9.17, 15) is 4.79 Å². The van der Waals surface area contributed by atoms with Gasteiger partial charge < -0.3 is 5.32 Å². The van der Waals surface area contributed by atoms with Crippen LogP contribution in [-0.4, -0.2) is 12.5 Å². The SMILES string of the molecule is CCC(=O)NCC1(C2CC2)CC1. The number of amides is 1. The molecule has 68 valence electrons. The molecule has 1 N–H and O–H groups in total. The van der Waals surface area contributed by atoms with Crippen LogP contribution in [0.5, 0.6) is 0 Å². The Labute approximate surface area is 73.7 Å². The van der Waals surface area contributed by atoms with E-state index < -0.39 is 0 Å². The van der Waals surface area contributed by atoms with Gasteiger partial charge in [0.15, 0.2) is 0 Å². The molecule has 1 amide bonds. The Hall–Kier alpha value is -0.530. The molecule has 0 atom stereocenters. The van der Waals surface area contributed by atoms with Gasteiger partial charge in [0, 0.05) is 13.0 Å². The monoisotopic (exact) mass is 167 g/mol. The number of hydrogen-bond acceptors (Lipinski definition) is 1. The van der Waals surface area contributed by atoms with Crippen LogP contribution in [0.1, 0.15) is 39.0 Å². The summed E-state index contributed by atoms with van der Waals surface area (Å²) in [5.41, 5.74) is 0.560. The van der Waals surface area contributed by atoms with Gasteiger partial charge in [0.05, 0.1) is 0 Å². The molecule has 0 spiro atoms. The zero-order chi connectivity index (χ0) is 8.60. The molecule has 0 aromatic rings. The van der Waals surface area contributed by atoms with E-state index in [0.29, 0.717) is 11.8 Å². The van der Waals surface area contributed by atoms with Crippen molar-refractivity contribution in [2.75, 3.05) is 6.54 Å². The minimum atomic E-state index is 0.210. The van der Waals surface area contributed by atoms with Gasteiger partial charge in [-0.3, -0.25) is 4.79 Å². The Bertz CT molecular complexity index is 192. The summed E-state index contributed by atoms with van der Waals surface area (Å²) in [5, 5.41) is 3.02. The molecule has 0 unspecified atom stereocenters. The van der Waals surface area contributed by atoms with E-state index in [0.717, 1.165) is 12.5 Å².